The average molecular weight is 365 g/mol. The van der Waals surface area contributed by atoms with E-state index in [1.807, 2.05) is 6.07 Å². The van der Waals surface area contributed by atoms with Crippen LogP contribution >= 0.6 is 43.2 Å². The Hall–Kier alpha value is -0.390. The number of thiophene rings is 1. The summed E-state index contributed by atoms with van der Waals surface area (Å²) in [5.41, 5.74) is 0.894. The summed E-state index contributed by atoms with van der Waals surface area (Å²) in [5, 5.41) is 3.25. The number of halogens is 3. The topological polar surface area (TPSA) is 12.0 Å². The molecule has 0 aliphatic rings. The Morgan fingerprint density at radius 3 is 2.62 bits per heavy atom. The Bertz CT molecular complexity index is 498. The van der Waals surface area contributed by atoms with Gasteiger partial charge >= 0.3 is 0 Å². The van der Waals surface area contributed by atoms with Crippen LogP contribution < -0.4 is 5.32 Å². The Labute approximate surface area is 114 Å². The van der Waals surface area contributed by atoms with Crippen molar-refractivity contribution in [3.8, 4) is 0 Å². The molecule has 1 aromatic heterocycles. The van der Waals surface area contributed by atoms with Crippen LogP contribution in [0.5, 0.6) is 0 Å². The summed E-state index contributed by atoms with van der Waals surface area (Å²) in [7, 11) is 0. The fourth-order valence-electron chi connectivity index (χ4n) is 1.26. The first-order valence-corrected chi connectivity index (χ1v) is 6.98. The van der Waals surface area contributed by atoms with E-state index in [2.05, 4.69) is 43.2 Å². The van der Waals surface area contributed by atoms with Crippen molar-refractivity contribution in [1.82, 2.24) is 0 Å². The Morgan fingerprint density at radius 2 is 2.00 bits per heavy atom. The molecule has 0 unspecified atom stereocenters. The van der Waals surface area contributed by atoms with Crippen LogP contribution in [0, 0.1) is 5.82 Å². The summed E-state index contributed by atoms with van der Waals surface area (Å²) in [4.78, 5) is 1.23. The van der Waals surface area contributed by atoms with Gasteiger partial charge in [-0.1, -0.05) is 0 Å². The Morgan fingerprint density at radius 1 is 1.19 bits per heavy atom. The molecule has 1 aromatic carbocycles. The van der Waals surface area contributed by atoms with E-state index < -0.39 is 0 Å². The van der Waals surface area contributed by atoms with E-state index in [0.717, 1.165) is 20.5 Å². The second kappa shape index (κ2) is 5.29. The van der Waals surface area contributed by atoms with Crippen LogP contribution in [0.25, 0.3) is 0 Å². The number of hydrogen-bond acceptors (Lipinski definition) is 2. The molecule has 5 heteroatoms. The van der Waals surface area contributed by atoms with Gasteiger partial charge in [-0.15, -0.1) is 11.3 Å². The van der Waals surface area contributed by atoms with Gasteiger partial charge < -0.3 is 5.32 Å². The first-order valence-electron chi connectivity index (χ1n) is 4.58. The van der Waals surface area contributed by atoms with Gasteiger partial charge in [0, 0.05) is 21.6 Å². The summed E-state index contributed by atoms with van der Waals surface area (Å²) < 4.78 is 14.7. The fourth-order valence-corrected chi connectivity index (χ4v) is 3.18. The monoisotopic (exact) mass is 363 g/mol. The van der Waals surface area contributed by atoms with E-state index in [-0.39, 0.29) is 5.82 Å². The summed E-state index contributed by atoms with van der Waals surface area (Å²) in [6, 6.07) is 8.69. The molecule has 0 spiro atoms. The lowest BCUT2D eigenvalue weighted by atomic mass is 10.3. The van der Waals surface area contributed by atoms with Gasteiger partial charge in [-0.05, 0) is 62.2 Å². The molecule has 0 saturated carbocycles. The van der Waals surface area contributed by atoms with Crippen molar-refractivity contribution in [2.45, 2.75) is 6.54 Å². The molecule has 1 N–H and O–H groups in total. The standard InChI is InChI=1S/C11H8Br2FNS/c12-9-5-7(14)1-3-10(9)15-6-8-2-4-11(13)16-8/h1-5,15H,6H2. The van der Waals surface area contributed by atoms with Gasteiger partial charge in [-0.3, -0.25) is 0 Å². The largest absolute Gasteiger partial charge is 0.379 e. The molecule has 2 rings (SSSR count). The molecule has 0 fully saturated rings. The van der Waals surface area contributed by atoms with Crippen molar-refractivity contribution in [1.29, 1.82) is 0 Å². The smallest absolute Gasteiger partial charge is 0.124 e. The maximum Gasteiger partial charge on any atom is 0.124 e. The molecule has 2 aromatic rings. The maximum absolute atomic E-state index is 12.9. The summed E-state index contributed by atoms with van der Waals surface area (Å²) in [6.07, 6.45) is 0. The third-order valence-electron chi connectivity index (χ3n) is 2.01. The lowest BCUT2D eigenvalue weighted by Gasteiger charge is -2.06. The predicted molar refractivity (Wildman–Crippen MR) is 73.4 cm³/mol. The summed E-state index contributed by atoms with van der Waals surface area (Å²) >= 11 is 8.41. The second-order valence-corrected chi connectivity index (χ2v) is 6.59. The van der Waals surface area contributed by atoms with E-state index >= 15 is 0 Å². The molecule has 0 saturated heterocycles. The van der Waals surface area contributed by atoms with Crippen molar-refractivity contribution < 1.29 is 4.39 Å². The van der Waals surface area contributed by atoms with Crippen LogP contribution in [-0.2, 0) is 6.54 Å². The molecule has 0 aliphatic heterocycles. The number of anilines is 1. The average Bonchev–Trinajstić information content (AvgIpc) is 2.63. The minimum atomic E-state index is -0.240. The Kier molecular flexibility index (Phi) is 4.00. The minimum absolute atomic E-state index is 0.240. The van der Waals surface area contributed by atoms with Crippen LogP contribution in [0.2, 0.25) is 0 Å². The zero-order chi connectivity index (χ0) is 11.5. The third-order valence-corrected chi connectivity index (χ3v) is 4.29. The van der Waals surface area contributed by atoms with Crippen molar-refractivity contribution in [2.75, 3.05) is 5.32 Å². The van der Waals surface area contributed by atoms with Gasteiger partial charge in [-0.2, -0.15) is 0 Å². The molecular formula is C11H8Br2FNS. The van der Waals surface area contributed by atoms with Crippen LogP contribution in [0.3, 0.4) is 0 Å². The van der Waals surface area contributed by atoms with Gasteiger partial charge in [0.15, 0.2) is 0 Å². The second-order valence-electron chi connectivity index (χ2n) is 3.18. The molecule has 0 bridgehead atoms. The quantitative estimate of drug-likeness (QED) is 0.805. The van der Waals surface area contributed by atoms with Gasteiger partial charge in [0.2, 0.25) is 0 Å². The van der Waals surface area contributed by atoms with Crippen molar-refractivity contribution in [2.24, 2.45) is 0 Å². The number of hydrogen-bond donors (Lipinski definition) is 1. The van der Waals surface area contributed by atoms with Crippen molar-refractivity contribution >= 4 is 48.9 Å². The maximum atomic E-state index is 12.9. The highest BCUT2D eigenvalue weighted by molar-refractivity contribution is 9.11. The first-order chi connectivity index (χ1) is 7.65. The van der Waals surface area contributed by atoms with E-state index in [1.165, 1.54) is 17.0 Å². The zero-order valence-corrected chi connectivity index (χ0v) is 12.1. The lowest BCUT2D eigenvalue weighted by Crippen LogP contribution is -1.98. The highest BCUT2D eigenvalue weighted by Gasteiger charge is 2.02. The SMILES string of the molecule is Fc1ccc(NCc2ccc(Br)s2)c(Br)c1. The molecule has 16 heavy (non-hydrogen) atoms. The van der Waals surface area contributed by atoms with E-state index in [9.17, 15) is 4.39 Å². The van der Waals surface area contributed by atoms with E-state index in [1.54, 1.807) is 17.4 Å². The molecule has 1 heterocycles. The molecule has 0 amide bonds. The van der Waals surface area contributed by atoms with E-state index in [0.29, 0.717) is 0 Å². The van der Waals surface area contributed by atoms with E-state index in [4.69, 9.17) is 0 Å². The summed E-state index contributed by atoms with van der Waals surface area (Å²) in [5.74, 6) is -0.240. The molecule has 1 nitrogen and oxygen atoms in total. The number of nitrogens with one attached hydrogen (secondary N) is 1. The number of rotatable bonds is 3. The fraction of sp³-hybridized carbons (Fsp3) is 0.0909. The minimum Gasteiger partial charge on any atom is -0.379 e. The first kappa shape index (κ1) is 12.1. The molecule has 0 aliphatic carbocycles. The van der Waals surface area contributed by atoms with Gasteiger partial charge in [0.25, 0.3) is 0 Å². The highest BCUT2D eigenvalue weighted by atomic mass is 79.9. The molecule has 0 radical (unpaired) electrons. The normalized spacial score (nSPS) is 10.4. The molecular weight excluding hydrogens is 357 g/mol. The zero-order valence-electron chi connectivity index (χ0n) is 8.14. The third kappa shape index (κ3) is 3.06. The van der Waals surface area contributed by atoms with Crippen molar-refractivity contribution in [3.63, 3.8) is 0 Å². The van der Waals surface area contributed by atoms with Crippen LogP contribution in [0.15, 0.2) is 38.6 Å². The summed E-state index contributed by atoms with van der Waals surface area (Å²) in [6.45, 7) is 0.737. The van der Waals surface area contributed by atoms with Gasteiger partial charge in [0.1, 0.15) is 5.82 Å². The van der Waals surface area contributed by atoms with Crippen LogP contribution in [-0.4, -0.2) is 0 Å². The predicted octanol–water partition coefficient (Wildman–Crippen LogP) is 5.02. The van der Waals surface area contributed by atoms with Crippen LogP contribution in [0.1, 0.15) is 4.88 Å². The molecule has 84 valence electrons. The highest BCUT2D eigenvalue weighted by Crippen LogP contribution is 2.26. The van der Waals surface area contributed by atoms with Gasteiger partial charge in [0.05, 0.1) is 3.79 Å². The van der Waals surface area contributed by atoms with Gasteiger partial charge in [-0.25, -0.2) is 4.39 Å². The lowest BCUT2D eigenvalue weighted by molar-refractivity contribution is 0.627. The van der Waals surface area contributed by atoms with Crippen molar-refractivity contribution in [3.05, 3.63) is 49.3 Å². The molecule has 0 atom stereocenters. The van der Waals surface area contributed by atoms with Crippen LogP contribution in [0.4, 0.5) is 10.1 Å². The Balaban J connectivity index is 2.04. The number of benzene rings is 1.